The van der Waals surface area contributed by atoms with Crippen LogP contribution in [0, 0.1) is 0 Å². The first-order valence-electron chi connectivity index (χ1n) is 14.7. The summed E-state index contributed by atoms with van der Waals surface area (Å²) in [5.74, 6) is 0.247. The Balaban J connectivity index is 1.06. The number of aromatic nitrogens is 5. The molecule has 3 heterocycles. The van der Waals surface area contributed by atoms with Gasteiger partial charge in [-0.05, 0) is 62.6 Å². The van der Waals surface area contributed by atoms with Crippen LogP contribution in [0.5, 0.6) is 0 Å². The molecule has 0 spiro atoms. The molecule has 11 nitrogen and oxygen atoms in total. The van der Waals surface area contributed by atoms with E-state index >= 15 is 0 Å². The van der Waals surface area contributed by atoms with Gasteiger partial charge in [0.15, 0.2) is 0 Å². The molecule has 3 N–H and O–H groups in total. The number of hydrogen-bond acceptors (Lipinski definition) is 9. The van der Waals surface area contributed by atoms with Crippen LogP contribution in [0.25, 0.3) is 11.4 Å². The highest BCUT2D eigenvalue weighted by atomic mass is 16.5. The summed E-state index contributed by atoms with van der Waals surface area (Å²) in [4.78, 5) is 25.1. The standard InChI is InChI=1S/C29H41N9O2/c39-28(34-40)10-6-1-2-7-17-36-18-20-37(21-19-36)24-13-11-23(12-14-24)31-29-30-16-15-26(32-29)27-22-38(35-33-27)25-8-4-3-5-9-25/h11-16,22,25,40H,1-10,17-21H2,(H,34,39)(H,30,31,32). The molecule has 0 bridgehead atoms. The van der Waals surface area contributed by atoms with Crippen LogP contribution in [-0.4, -0.2) is 73.7 Å². The fourth-order valence-electron chi connectivity index (χ4n) is 5.62. The maximum absolute atomic E-state index is 11.1. The van der Waals surface area contributed by atoms with Gasteiger partial charge < -0.3 is 10.2 Å². The Bertz CT molecular complexity index is 1200. The molecule has 0 atom stereocenters. The summed E-state index contributed by atoms with van der Waals surface area (Å²) in [7, 11) is 0. The van der Waals surface area contributed by atoms with Gasteiger partial charge in [-0.1, -0.05) is 37.3 Å². The number of unbranched alkanes of at least 4 members (excludes halogenated alkanes) is 3. The van der Waals surface area contributed by atoms with E-state index in [1.54, 1.807) is 11.7 Å². The van der Waals surface area contributed by atoms with Crippen molar-refractivity contribution in [2.45, 2.75) is 70.3 Å². The number of nitrogens with zero attached hydrogens (tertiary/aromatic N) is 7. The fraction of sp³-hybridized carbons (Fsp3) is 0.552. The zero-order chi connectivity index (χ0) is 27.6. The zero-order valence-electron chi connectivity index (χ0n) is 23.2. The molecule has 1 saturated carbocycles. The van der Waals surface area contributed by atoms with E-state index in [9.17, 15) is 4.79 Å². The summed E-state index contributed by atoms with van der Waals surface area (Å²) in [6, 6.07) is 10.8. The van der Waals surface area contributed by atoms with E-state index in [4.69, 9.17) is 5.21 Å². The lowest BCUT2D eigenvalue weighted by Gasteiger charge is -2.36. The van der Waals surface area contributed by atoms with Crippen molar-refractivity contribution in [3.8, 4) is 11.4 Å². The Kier molecular flexibility index (Phi) is 9.92. The normalized spacial score (nSPS) is 16.7. The molecule has 1 saturated heterocycles. The predicted molar refractivity (Wildman–Crippen MR) is 155 cm³/mol. The number of piperazine rings is 1. The highest BCUT2D eigenvalue weighted by Gasteiger charge is 2.19. The van der Waals surface area contributed by atoms with Crippen LogP contribution in [0.15, 0.2) is 42.7 Å². The Hall–Kier alpha value is -3.57. The molecule has 1 aromatic carbocycles. The van der Waals surface area contributed by atoms with Crippen LogP contribution in [0.4, 0.5) is 17.3 Å². The first-order chi connectivity index (χ1) is 19.7. The highest BCUT2D eigenvalue weighted by molar-refractivity contribution is 5.74. The van der Waals surface area contributed by atoms with Gasteiger partial charge in [0.2, 0.25) is 11.9 Å². The van der Waals surface area contributed by atoms with Crippen LogP contribution in [0.2, 0.25) is 0 Å². The van der Waals surface area contributed by atoms with Gasteiger partial charge in [0.05, 0.1) is 17.9 Å². The smallest absolute Gasteiger partial charge is 0.243 e. The molecule has 40 heavy (non-hydrogen) atoms. The summed E-state index contributed by atoms with van der Waals surface area (Å²) >= 11 is 0. The van der Waals surface area contributed by atoms with Crippen molar-refractivity contribution in [1.29, 1.82) is 0 Å². The molecule has 2 fully saturated rings. The van der Waals surface area contributed by atoms with E-state index in [1.165, 1.54) is 37.8 Å². The Morgan fingerprint density at radius 3 is 2.48 bits per heavy atom. The molecule has 1 aliphatic carbocycles. The summed E-state index contributed by atoms with van der Waals surface area (Å²) in [5.41, 5.74) is 5.40. The first kappa shape index (κ1) is 28.0. The van der Waals surface area contributed by atoms with Gasteiger partial charge in [-0.15, -0.1) is 5.10 Å². The second-order valence-corrected chi connectivity index (χ2v) is 10.8. The molecule has 1 aliphatic heterocycles. The number of carbonyl (C=O) groups excluding carboxylic acids is 1. The molecule has 3 aromatic rings. The third kappa shape index (κ3) is 7.76. The minimum absolute atomic E-state index is 0.298. The lowest BCUT2D eigenvalue weighted by Crippen LogP contribution is -2.46. The molecule has 214 valence electrons. The van der Waals surface area contributed by atoms with Gasteiger partial charge in [-0.2, -0.15) is 0 Å². The van der Waals surface area contributed by atoms with Gasteiger partial charge in [0, 0.05) is 50.2 Å². The molecule has 2 aromatic heterocycles. The minimum atomic E-state index is -0.298. The maximum atomic E-state index is 11.1. The number of carbonyl (C=O) groups is 1. The van der Waals surface area contributed by atoms with Crippen molar-refractivity contribution in [3.05, 3.63) is 42.7 Å². The second-order valence-electron chi connectivity index (χ2n) is 10.8. The van der Waals surface area contributed by atoms with E-state index in [-0.39, 0.29) is 5.91 Å². The number of hydroxylamine groups is 1. The summed E-state index contributed by atoms with van der Waals surface area (Å²) in [5, 5.41) is 20.6. The number of nitrogens with one attached hydrogen (secondary N) is 2. The number of benzene rings is 1. The van der Waals surface area contributed by atoms with Gasteiger partial charge >= 0.3 is 0 Å². The lowest BCUT2D eigenvalue weighted by molar-refractivity contribution is -0.129. The third-order valence-corrected chi connectivity index (χ3v) is 7.99. The number of rotatable bonds is 12. The largest absolute Gasteiger partial charge is 0.369 e. The molecular weight excluding hydrogens is 506 g/mol. The van der Waals surface area contributed by atoms with Crippen LogP contribution in [0.3, 0.4) is 0 Å². The van der Waals surface area contributed by atoms with E-state index in [1.807, 2.05) is 16.9 Å². The molecular formula is C29H41N9O2. The molecule has 0 unspecified atom stereocenters. The number of anilines is 3. The number of hydrogen-bond donors (Lipinski definition) is 3. The summed E-state index contributed by atoms with van der Waals surface area (Å²) < 4.78 is 2.01. The summed E-state index contributed by atoms with van der Waals surface area (Å²) in [6.45, 7) is 5.23. The summed E-state index contributed by atoms with van der Waals surface area (Å²) in [6.07, 6.45) is 14.4. The van der Waals surface area contributed by atoms with Crippen molar-refractivity contribution in [2.75, 3.05) is 42.9 Å². The monoisotopic (exact) mass is 547 g/mol. The molecule has 1 amide bonds. The van der Waals surface area contributed by atoms with Crippen molar-refractivity contribution >= 4 is 23.2 Å². The van der Waals surface area contributed by atoms with Gasteiger partial charge in [0.25, 0.3) is 0 Å². The van der Waals surface area contributed by atoms with E-state index in [0.29, 0.717) is 18.4 Å². The van der Waals surface area contributed by atoms with Crippen LogP contribution < -0.4 is 15.7 Å². The first-order valence-corrected chi connectivity index (χ1v) is 14.7. The molecule has 2 aliphatic rings. The SMILES string of the molecule is O=C(CCCCCCN1CCN(c2ccc(Nc3nccc(-c4cn(C5CCCCC5)nn4)n3)cc2)CC1)NO. The van der Waals surface area contributed by atoms with Gasteiger partial charge in [-0.3, -0.25) is 14.9 Å². The Morgan fingerprint density at radius 2 is 1.70 bits per heavy atom. The topological polar surface area (TPSA) is 124 Å². The molecule has 11 heteroatoms. The Morgan fingerprint density at radius 1 is 0.925 bits per heavy atom. The van der Waals surface area contributed by atoms with E-state index < -0.39 is 0 Å². The quantitative estimate of drug-likeness (QED) is 0.170. The zero-order valence-corrected chi connectivity index (χ0v) is 23.2. The van der Waals surface area contributed by atoms with Crippen molar-refractivity contribution in [1.82, 2.24) is 35.3 Å². The van der Waals surface area contributed by atoms with Crippen molar-refractivity contribution < 1.29 is 10.0 Å². The second kappa shape index (κ2) is 14.2. The predicted octanol–water partition coefficient (Wildman–Crippen LogP) is 4.56. The molecule has 5 rings (SSSR count). The van der Waals surface area contributed by atoms with Gasteiger partial charge in [0.1, 0.15) is 5.69 Å². The highest BCUT2D eigenvalue weighted by Crippen LogP contribution is 2.28. The number of amides is 1. The Labute approximate surface area is 236 Å². The third-order valence-electron chi connectivity index (χ3n) is 7.99. The van der Waals surface area contributed by atoms with E-state index in [2.05, 4.69) is 59.7 Å². The lowest BCUT2D eigenvalue weighted by atomic mass is 9.96. The van der Waals surface area contributed by atoms with Crippen LogP contribution in [0.1, 0.15) is 70.3 Å². The fourth-order valence-corrected chi connectivity index (χ4v) is 5.62. The van der Waals surface area contributed by atoms with Gasteiger partial charge in [-0.25, -0.2) is 20.1 Å². The maximum Gasteiger partial charge on any atom is 0.243 e. The van der Waals surface area contributed by atoms with Crippen LogP contribution >= 0.6 is 0 Å². The van der Waals surface area contributed by atoms with Crippen LogP contribution in [-0.2, 0) is 4.79 Å². The van der Waals surface area contributed by atoms with Crippen molar-refractivity contribution in [2.24, 2.45) is 0 Å². The van der Waals surface area contributed by atoms with Crippen molar-refractivity contribution in [3.63, 3.8) is 0 Å². The minimum Gasteiger partial charge on any atom is -0.369 e. The average molecular weight is 548 g/mol. The average Bonchev–Trinajstić information content (AvgIpc) is 3.51. The molecule has 0 radical (unpaired) electrons. The van der Waals surface area contributed by atoms with E-state index in [0.717, 1.165) is 75.5 Å².